The van der Waals surface area contributed by atoms with Gasteiger partial charge < -0.3 is 9.64 Å². The second-order valence-corrected chi connectivity index (χ2v) is 6.05. The highest BCUT2D eigenvalue weighted by atomic mass is 16.5. The zero-order valence-electron chi connectivity index (χ0n) is 13.5. The average molecular weight is 311 g/mol. The largest absolute Gasteiger partial charge is 0.484 e. The molecule has 0 aliphatic carbocycles. The topological polar surface area (TPSA) is 55.3 Å². The first-order chi connectivity index (χ1) is 11.1. The molecule has 1 amide bonds. The molecule has 2 heterocycles. The summed E-state index contributed by atoms with van der Waals surface area (Å²) in [4.78, 5) is 23.4. The van der Waals surface area contributed by atoms with Gasteiger partial charge in [-0.15, -0.1) is 0 Å². The van der Waals surface area contributed by atoms with Crippen molar-refractivity contribution in [2.24, 2.45) is 0 Å². The van der Waals surface area contributed by atoms with E-state index in [0.717, 1.165) is 18.5 Å². The molecule has 2 aromatic rings. The number of ether oxygens (including phenoxy) is 1. The van der Waals surface area contributed by atoms with Gasteiger partial charge in [-0.25, -0.2) is 9.97 Å². The fourth-order valence-corrected chi connectivity index (χ4v) is 3.04. The molecule has 1 atom stereocenters. The number of aromatic nitrogens is 2. The molecule has 0 bridgehead atoms. The molecule has 1 fully saturated rings. The summed E-state index contributed by atoms with van der Waals surface area (Å²) in [5, 5.41) is 0. The molecule has 1 aromatic carbocycles. The third-order valence-electron chi connectivity index (χ3n) is 4.32. The number of nitrogens with zero attached hydrogens (tertiary/aromatic N) is 3. The number of amides is 1. The first-order valence-electron chi connectivity index (χ1n) is 7.88. The Kier molecular flexibility index (Phi) is 4.28. The molecule has 23 heavy (non-hydrogen) atoms. The van der Waals surface area contributed by atoms with Crippen LogP contribution in [0.3, 0.4) is 0 Å². The lowest BCUT2D eigenvalue weighted by molar-refractivity contribution is -0.137. The molecule has 1 aliphatic rings. The van der Waals surface area contributed by atoms with Gasteiger partial charge in [0.05, 0.1) is 5.54 Å². The highest BCUT2D eigenvalue weighted by Crippen LogP contribution is 2.36. The summed E-state index contributed by atoms with van der Waals surface area (Å²) in [6.07, 6.45) is 3.57. The first-order valence-corrected chi connectivity index (χ1v) is 7.88. The Balaban J connectivity index is 1.74. The molecular weight excluding hydrogens is 290 g/mol. The van der Waals surface area contributed by atoms with Crippen LogP contribution in [0.25, 0.3) is 0 Å². The molecular formula is C18H21N3O2. The second-order valence-electron chi connectivity index (χ2n) is 6.05. The fraction of sp³-hybridized carbons (Fsp3) is 0.389. The van der Waals surface area contributed by atoms with Gasteiger partial charge in [0.1, 0.15) is 5.75 Å². The van der Waals surface area contributed by atoms with Crippen molar-refractivity contribution < 1.29 is 9.53 Å². The van der Waals surface area contributed by atoms with Crippen LogP contribution in [-0.4, -0.2) is 33.9 Å². The van der Waals surface area contributed by atoms with Gasteiger partial charge in [0, 0.05) is 18.4 Å². The molecule has 5 heteroatoms. The summed E-state index contributed by atoms with van der Waals surface area (Å²) in [7, 11) is 0. The van der Waals surface area contributed by atoms with Crippen LogP contribution in [0.1, 0.15) is 31.3 Å². The normalized spacial score (nSPS) is 20.5. The lowest BCUT2D eigenvalue weighted by Gasteiger charge is -2.33. The average Bonchev–Trinajstić information content (AvgIpc) is 2.97. The SMILES string of the molecule is Cc1ccnc([C@]2(C)CCCN2C(=O)COc2ccccc2)n1. The van der Waals surface area contributed by atoms with Crippen LogP contribution in [0.15, 0.2) is 42.6 Å². The Bertz CT molecular complexity index is 690. The van der Waals surface area contributed by atoms with E-state index < -0.39 is 5.54 Å². The number of aryl methyl sites for hydroxylation is 1. The van der Waals surface area contributed by atoms with E-state index in [1.807, 2.05) is 55.1 Å². The molecule has 0 spiro atoms. The standard InChI is InChI=1S/C18H21N3O2/c1-14-9-11-19-17(20-14)18(2)10-6-12-21(18)16(22)13-23-15-7-4-3-5-8-15/h3-5,7-9,11H,6,10,12-13H2,1-2H3/t18-/m0/s1. The van der Waals surface area contributed by atoms with Crippen LogP contribution in [0, 0.1) is 6.92 Å². The van der Waals surface area contributed by atoms with Crippen LogP contribution in [0.4, 0.5) is 0 Å². The van der Waals surface area contributed by atoms with Crippen molar-refractivity contribution in [2.45, 2.75) is 32.2 Å². The van der Waals surface area contributed by atoms with Gasteiger partial charge in [-0.05, 0) is 44.9 Å². The number of likely N-dealkylation sites (tertiary alicyclic amines) is 1. The molecule has 0 unspecified atom stereocenters. The minimum Gasteiger partial charge on any atom is -0.484 e. The van der Waals surface area contributed by atoms with E-state index in [9.17, 15) is 4.79 Å². The van der Waals surface area contributed by atoms with E-state index in [4.69, 9.17) is 4.74 Å². The van der Waals surface area contributed by atoms with E-state index in [1.54, 1.807) is 6.20 Å². The van der Waals surface area contributed by atoms with Crippen molar-refractivity contribution >= 4 is 5.91 Å². The fourth-order valence-electron chi connectivity index (χ4n) is 3.04. The van der Waals surface area contributed by atoms with Crippen molar-refractivity contribution in [2.75, 3.05) is 13.2 Å². The maximum atomic E-state index is 12.6. The third-order valence-corrected chi connectivity index (χ3v) is 4.32. The molecule has 5 nitrogen and oxygen atoms in total. The van der Waals surface area contributed by atoms with Crippen molar-refractivity contribution in [3.8, 4) is 5.75 Å². The van der Waals surface area contributed by atoms with E-state index in [0.29, 0.717) is 18.1 Å². The van der Waals surface area contributed by atoms with Crippen LogP contribution in [0.2, 0.25) is 0 Å². The van der Waals surface area contributed by atoms with Crippen molar-refractivity contribution in [3.63, 3.8) is 0 Å². The summed E-state index contributed by atoms with van der Waals surface area (Å²) in [5.74, 6) is 1.38. The minimum atomic E-state index is -0.455. The summed E-state index contributed by atoms with van der Waals surface area (Å²) in [6, 6.07) is 11.3. The first kappa shape index (κ1) is 15.5. The summed E-state index contributed by atoms with van der Waals surface area (Å²) in [5.41, 5.74) is 0.458. The van der Waals surface area contributed by atoms with Gasteiger partial charge in [0.25, 0.3) is 5.91 Å². The second kappa shape index (κ2) is 6.36. The zero-order chi connectivity index (χ0) is 16.3. The number of benzene rings is 1. The van der Waals surface area contributed by atoms with Gasteiger partial charge in [0.15, 0.2) is 12.4 Å². The predicted octanol–water partition coefficient (Wildman–Crippen LogP) is 2.70. The van der Waals surface area contributed by atoms with Gasteiger partial charge in [0.2, 0.25) is 0 Å². The number of hydrogen-bond acceptors (Lipinski definition) is 4. The molecule has 0 saturated carbocycles. The van der Waals surface area contributed by atoms with E-state index >= 15 is 0 Å². The van der Waals surface area contributed by atoms with E-state index in [-0.39, 0.29) is 12.5 Å². The zero-order valence-corrected chi connectivity index (χ0v) is 13.5. The number of carbonyl (C=O) groups is 1. The maximum Gasteiger partial charge on any atom is 0.261 e. The van der Waals surface area contributed by atoms with Crippen molar-refractivity contribution in [1.82, 2.24) is 14.9 Å². The highest BCUT2D eigenvalue weighted by Gasteiger charge is 2.43. The lowest BCUT2D eigenvalue weighted by atomic mass is 9.97. The molecule has 0 N–H and O–H groups in total. The predicted molar refractivity (Wildman–Crippen MR) is 87.0 cm³/mol. The van der Waals surface area contributed by atoms with Gasteiger partial charge in [-0.1, -0.05) is 18.2 Å². The molecule has 1 aromatic heterocycles. The Morgan fingerprint density at radius 1 is 1.30 bits per heavy atom. The van der Waals surface area contributed by atoms with Gasteiger partial charge >= 0.3 is 0 Å². The van der Waals surface area contributed by atoms with E-state index in [1.165, 1.54) is 0 Å². The number of rotatable bonds is 4. The number of hydrogen-bond donors (Lipinski definition) is 0. The molecule has 0 radical (unpaired) electrons. The Morgan fingerprint density at radius 2 is 2.09 bits per heavy atom. The van der Waals surface area contributed by atoms with Crippen molar-refractivity contribution in [3.05, 3.63) is 54.1 Å². The van der Waals surface area contributed by atoms with Crippen LogP contribution >= 0.6 is 0 Å². The van der Waals surface area contributed by atoms with Crippen LogP contribution < -0.4 is 4.74 Å². The summed E-state index contributed by atoms with van der Waals surface area (Å²) in [6.45, 7) is 4.72. The molecule has 1 aliphatic heterocycles. The van der Waals surface area contributed by atoms with Crippen LogP contribution in [-0.2, 0) is 10.3 Å². The highest BCUT2D eigenvalue weighted by molar-refractivity contribution is 5.79. The quantitative estimate of drug-likeness (QED) is 0.871. The Labute approximate surface area is 136 Å². The van der Waals surface area contributed by atoms with Crippen molar-refractivity contribution in [1.29, 1.82) is 0 Å². The molecule has 3 rings (SSSR count). The molecule has 1 saturated heterocycles. The number of carbonyl (C=O) groups excluding carboxylic acids is 1. The van der Waals surface area contributed by atoms with Gasteiger partial charge in [-0.3, -0.25) is 4.79 Å². The van der Waals surface area contributed by atoms with Gasteiger partial charge in [-0.2, -0.15) is 0 Å². The monoisotopic (exact) mass is 311 g/mol. The smallest absolute Gasteiger partial charge is 0.261 e. The molecule has 120 valence electrons. The Hall–Kier alpha value is -2.43. The minimum absolute atomic E-state index is 0.0287. The third kappa shape index (κ3) is 3.18. The Morgan fingerprint density at radius 3 is 2.83 bits per heavy atom. The summed E-state index contributed by atoms with van der Waals surface area (Å²) >= 11 is 0. The van der Waals surface area contributed by atoms with Crippen LogP contribution in [0.5, 0.6) is 5.75 Å². The lowest BCUT2D eigenvalue weighted by Crippen LogP contribution is -2.46. The maximum absolute atomic E-state index is 12.6. The summed E-state index contributed by atoms with van der Waals surface area (Å²) < 4.78 is 5.60. The number of para-hydroxylation sites is 1. The van der Waals surface area contributed by atoms with E-state index in [2.05, 4.69) is 9.97 Å².